The van der Waals surface area contributed by atoms with Crippen LogP contribution in [0, 0.1) is 19.8 Å². The Kier molecular flexibility index (Phi) is 7.34. The van der Waals surface area contributed by atoms with Gasteiger partial charge in [0.15, 0.2) is 0 Å². The van der Waals surface area contributed by atoms with Gasteiger partial charge in [-0.1, -0.05) is 71.3 Å². The molecule has 1 amide bonds. The number of hydrogen-bond donors (Lipinski definition) is 1. The highest BCUT2D eigenvalue weighted by atomic mass is 35.5. The molecule has 0 unspecified atom stereocenters. The molecule has 0 atom stereocenters. The molecule has 0 aliphatic rings. The van der Waals surface area contributed by atoms with Crippen molar-refractivity contribution >= 4 is 23.2 Å². The van der Waals surface area contributed by atoms with Gasteiger partial charge in [-0.15, -0.1) is 0 Å². The second-order valence-corrected chi connectivity index (χ2v) is 9.15. The van der Waals surface area contributed by atoms with Gasteiger partial charge in [0.25, 0.3) is 5.91 Å². The smallest absolute Gasteiger partial charge is 0.261 e. The Morgan fingerprint density at radius 1 is 1.00 bits per heavy atom. The minimum Gasteiger partial charge on any atom is -0.346 e. The van der Waals surface area contributed by atoms with Crippen LogP contribution in [0.3, 0.4) is 0 Å². The molecule has 0 saturated carbocycles. The van der Waals surface area contributed by atoms with E-state index in [9.17, 15) is 9.59 Å². The minimum atomic E-state index is -0.410. The van der Waals surface area contributed by atoms with Crippen LogP contribution in [0.4, 0.5) is 5.69 Å². The fourth-order valence-corrected chi connectivity index (χ4v) is 3.92. The van der Waals surface area contributed by atoms with Crippen LogP contribution in [0.25, 0.3) is 0 Å². The van der Waals surface area contributed by atoms with Crippen LogP contribution in [0.5, 0.6) is 0 Å². The van der Waals surface area contributed by atoms with E-state index in [2.05, 4.69) is 46.9 Å². The molecule has 1 heterocycles. The largest absolute Gasteiger partial charge is 0.346 e. The predicted molar refractivity (Wildman–Crippen MR) is 123 cm³/mol. The number of carbonyl (C=O) groups excluding carboxylic acids is 1. The Morgan fingerprint density at radius 2 is 1.52 bits per heavy atom. The third-order valence-electron chi connectivity index (χ3n) is 5.30. The maximum atomic E-state index is 13.3. The van der Waals surface area contributed by atoms with Crippen molar-refractivity contribution in [1.29, 1.82) is 0 Å². The number of benzene rings is 1. The van der Waals surface area contributed by atoms with Gasteiger partial charge in [0.2, 0.25) is 5.43 Å². The first-order valence-corrected chi connectivity index (χ1v) is 10.7. The van der Waals surface area contributed by atoms with Gasteiger partial charge in [-0.25, -0.2) is 0 Å². The number of nitrogens with one attached hydrogen (secondary N) is 1. The number of aromatic nitrogens is 1. The average Bonchev–Trinajstić information content (AvgIpc) is 2.63. The number of amides is 1. The fourth-order valence-electron chi connectivity index (χ4n) is 3.72. The van der Waals surface area contributed by atoms with Gasteiger partial charge in [0.05, 0.1) is 0 Å². The molecular formula is C24H33ClN2O2. The first-order valence-electron chi connectivity index (χ1n) is 10.3. The Labute approximate surface area is 179 Å². The summed E-state index contributed by atoms with van der Waals surface area (Å²) in [5.74, 6) is 0.437. The zero-order valence-electron chi connectivity index (χ0n) is 18.8. The number of para-hydroxylation sites is 1. The molecule has 29 heavy (non-hydrogen) atoms. The van der Waals surface area contributed by atoms with E-state index < -0.39 is 11.3 Å². The molecule has 0 aliphatic heterocycles. The van der Waals surface area contributed by atoms with Gasteiger partial charge in [0, 0.05) is 23.6 Å². The normalized spacial score (nSPS) is 11.6. The van der Waals surface area contributed by atoms with Crippen molar-refractivity contribution in [3.05, 3.63) is 61.5 Å². The summed E-state index contributed by atoms with van der Waals surface area (Å²) in [6, 6.07) is 6.07. The quantitative estimate of drug-likeness (QED) is 0.602. The van der Waals surface area contributed by atoms with Gasteiger partial charge in [-0.2, -0.15) is 0 Å². The summed E-state index contributed by atoms with van der Waals surface area (Å²) < 4.78 is 1.97. The Morgan fingerprint density at radius 3 is 1.97 bits per heavy atom. The zero-order valence-corrected chi connectivity index (χ0v) is 19.6. The summed E-state index contributed by atoms with van der Waals surface area (Å²) >= 11 is 6.34. The summed E-state index contributed by atoms with van der Waals surface area (Å²) in [5, 5.41) is 3.17. The second-order valence-electron chi connectivity index (χ2n) is 8.77. The monoisotopic (exact) mass is 416 g/mol. The van der Waals surface area contributed by atoms with Gasteiger partial charge in [0.1, 0.15) is 10.6 Å². The number of rotatable bonds is 6. The molecule has 0 saturated heterocycles. The van der Waals surface area contributed by atoms with E-state index in [-0.39, 0.29) is 22.4 Å². The number of pyridine rings is 1. The molecule has 158 valence electrons. The van der Waals surface area contributed by atoms with Crippen molar-refractivity contribution in [3.8, 4) is 0 Å². The van der Waals surface area contributed by atoms with Crippen molar-refractivity contribution in [2.75, 3.05) is 5.32 Å². The van der Waals surface area contributed by atoms with Crippen molar-refractivity contribution in [2.45, 2.75) is 73.8 Å². The molecule has 0 fully saturated rings. The SMILES string of the molecule is Cc1c(Cl)c(=O)c(C(=O)Nc2c(C(C)C)cccc2C(C)C)c(C)n1CC(C)C. The van der Waals surface area contributed by atoms with Crippen molar-refractivity contribution in [1.82, 2.24) is 4.57 Å². The third-order valence-corrected chi connectivity index (χ3v) is 5.75. The van der Waals surface area contributed by atoms with Gasteiger partial charge < -0.3 is 9.88 Å². The zero-order chi connectivity index (χ0) is 22.0. The lowest BCUT2D eigenvalue weighted by atomic mass is 9.92. The molecule has 1 aromatic carbocycles. The van der Waals surface area contributed by atoms with Crippen molar-refractivity contribution in [3.63, 3.8) is 0 Å². The van der Waals surface area contributed by atoms with Gasteiger partial charge >= 0.3 is 0 Å². The molecule has 5 heteroatoms. The lowest BCUT2D eigenvalue weighted by molar-refractivity contribution is 0.102. The molecule has 1 aromatic heterocycles. The minimum absolute atomic E-state index is 0.114. The number of nitrogens with zero attached hydrogens (tertiary/aromatic N) is 1. The highest BCUT2D eigenvalue weighted by Gasteiger charge is 2.24. The van der Waals surface area contributed by atoms with Crippen LogP contribution in [0.15, 0.2) is 23.0 Å². The fraction of sp³-hybridized carbons (Fsp3) is 0.500. The van der Waals surface area contributed by atoms with E-state index in [1.807, 2.05) is 36.6 Å². The lowest BCUT2D eigenvalue weighted by Gasteiger charge is -2.23. The molecule has 0 radical (unpaired) electrons. The summed E-state index contributed by atoms with van der Waals surface area (Å²) in [4.78, 5) is 26.2. The molecule has 4 nitrogen and oxygen atoms in total. The summed E-state index contributed by atoms with van der Waals surface area (Å²) in [7, 11) is 0. The van der Waals surface area contributed by atoms with Gasteiger partial charge in [-0.3, -0.25) is 9.59 Å². The predicted octanol–water partition coefficient (Wildman–Crippen LogP) is 6.27. The number of hydrogen-bond acceptors (Lipinski definition) is 2. The topological polar surface area (TPSA) is 51.1 Å². The van der Waals surface area contributed by atoms with E-state index >= 15 is 0 Å². The number of halogens is 1. The number of anilines is 1. The maximum absolute atomic E-state index is 13.3. The van der Waals surface area contributed by atoms with E-state index in [0.717, 1.165) is 16.8 Å². The van der Waals surface area contributed by atoms with Crippen LogP contribution in [-0.2, 0) is 6.54 Å². The van der Waals surface area contributed by atoms with Crippen LogP contribution < -0.4 is 10.7 Å². The molecule has 1 N–H and O–H groups in total. The molecular weight excluding hydrogens is 384 g/mol. The first kappa shape index (κ1) is 23.2. The van der Waals surface area contributed by atoms with E-state index in [1.54, 1.807) is 0 Å². The molecule has 0 aliphatic carbocycles. The van der Waals surface area contributed by atoms with Crippen molar-refractivity contribution < 1.29 is 4.79 Å². The highest BCUT2D eigenvalue weighted by molar-refractivity contribution is 6.31. The summed E-state index contributed by atoms with van der Waals surface area (Å²) in [5.41, 5.74) is 3.97. The van der Waals surface area contributed by atoms with Crippen LogP contribution in [0.1, 0.15) is 86.3 Å². The molecule has 2 rings (SSSR count). The standard InChI is InChI=1S/C24H33ClN2O2/c1-13(2)12-27-16(7)20(23(28)21(25)17(27)8)24(29)26-22-18(14(3)4)10-9-11-19(22)15(5)6/h9-11,13-15H,12H2,1-8H3,(H,26,29). The van der Waals surface area contributed by atoms with E-state index in [4.69, 9.17) is 11.6 Å². The lowest BCUT2D eigenvalue weighted by Crippen LogP contribution is -2.29. The van der Waals surface area contributed by atoms with Crippen LogP contribution in [-0.4, -0.2) is 10.5 Å². The van der Waals surface area contributed by atoms with Gasteiger partial charge in [-0.05, 0) is 42.7 Å². The average molecular weight is 417 g/mol. The Bertz CT molecular complexity index is 946. The summed E-state index contributed by atoms with van der Waals surface area (Å²) in [6.45, 7) is 16.9. The Hall–Kier alpha value is -2.07. The van der Waals surface area contributed by atoms with Crippen LogP contribution in [0.2, 0.25) is 5.02 Å². The third kappa shape index (κ3) is 4.75. The molecule has 0 bridgehead atoms. The van der Waals surface area contributed by atoms with E-state index in [0.29, 0.717) is 23.9 Å². The van der Waals surface area contributed by atoms with E-state index in [1.165, 1.54) is 0 Å². The molecule has 2 aromatic rings. The molecule has 0 spiro atoms. The van der Waals surface area contributed by atoms with Crippen LogP contribution >= 0.6 is 11.6 Å². The maximum Gasteiger partial charge on any atom is 0.261 e. The second kappa shape index (κ2) is 9.17. The summed E-state index contributed by atoms with van der Waals surface area (Å²) in [6.07, 6.45) is 0. The van der Waals surface area contributed by atoms with Crippen molar-refractivity contribution in [2.24, 2.45) is 5.92 Å². The Balaban J connectivity index is 2.64. The first-order chi connectivity index (χ1) is 13.5. The highest BCUT2D eigenvalue weighted by Crippen LogP contribution is 2.33. The number of carbonyl (C=O) groups is 1.